The summed E-state index contributed by atoms with van der Waals surface area (Å²) in [5.41, 5.74) is 9.25. The van der Waals surface area contributed by atoms with Crippen molar-refractivity contribution in [3.8, 4) is 11.1 Å². The lowest BCUT2D eigenvalue weighted by atomic mass is 9.44. The molecule has 1 aromatic heterocycles. The Labute approximate surface area is 180 Å². The zero-order valence-electron chi connectivity index (χ0n) is 17.5. The van der Waals surface area contributed by atoms with Crippen LogP contribution in [0.1, 0.15) is 37.3 Å². The molecule has 5 nitrogen and oxygen atoms in total. The third kappa shape index (κ3) is 2.54. The first-order chi connectivity index (χ1) is 14.3. The molecule has 2 spiro atoms. The van der Waals surface area contributed by atoms with Crippen LogP contribution in [0.2, 0.25) is 0 Å². The molecule has 1 aliphatic heterocycles. The Hall–Kier alpha value is -2.27. The highest BCUT2D eigenvalue weighted by Crippen LogP contribution is 2.65. The molecule has 1 aromatic carbocycles. The number of hydrogen-bond acceptors (Lipinski definition) is 5. The predicted molar refractivity (Wildman–Crippen MR) is 118 cm³/mol. The summed E-state index contributed by atoms with van der Waals surface area (Å²) >= 11 is 0. The van der Waals surface area contributed by atoms with Crippen LogP contribution in [0.4, 0.5) is 0 Å². The minimum Gasteiger partial charge on any atom is -0.476 e. The van der Waals surface area contributed by atoms with Crippen molar-refractivity contribution in [2.45, 2.75) is 49.6 Å². The lowest BCUT2D eigenvalue weighted by molar-refractivity contribution is -0.0559. The van der Waals surface area contributed by atoms with Crippen LogP contribution in [-0.2, 0) is 21.4 Å². The molecule has 2 aromatic rings. The predicted octanol–water partition coefficient (Wildman–Crippen LogP) is 2.66. The van der Waals surface area contributed by atoms with Gasteiger partial charge in [-0.3, -0.25) is 4.98 Å². The standard InChI is InChI=1S/C23H25B2N3O2/c1-14-12-21(8-5-19(14)29-2)13-17-4-3-16(15-6-9-27-10-7-15)11-18(17)22(21)23(24,25)30-20(26)28-22/h3-4,6-7,9-11,14,19H,5,8,12-13H2,1-2H3,(H2,26,28)/t14-,19-,21-,22-/m0/s1. The van der Waals surface area contributed by atoms with Gasteiger partial charge in [0.25, 0.3) is 6.02 Å². The minimum atomic E-state index is -1.52. The van der Waals surface area contributed by atoms with Gasteiger partial charge >= 0.3 is 0 Å². The normalized spacial score (nSPS) is 34.0. The highest BCUT2D eigenvalue weighted by molar-refractivity contribution is 6.41. The van der Waals surface area contributed by atoms with Gasteiger partial charge in [0.2, 0.25) is 0 Å². The number of rotatable bonds is 2. The van der Waals surface area contributed by atoms with Crippen molar-refractivity contribution in [2.75, 3.05) is 7.11 Å². The Morgan fingerprint density at radius 3 is 2.57 bits per heavy atom. The summed E-state index contributed by atoms with van der Waals surface area (Å²) in [5, 5.41) is -1.52. The van der Waals surface area contributed by atoms with E-state index < -0.39 is 10.9 Å². The maximum Gasteiger partial charge on any atom is 0.281 e. The molecule has 1 saturated carbocycles. The van der Waals surface area contributed by atoms with Crippen LogP contribution in [-0.4, -0.2) is 45.3 Å². The van der Waals surface area contributed by atoms with E-state index in [1.807, 2.05) is 12.1 Å². The fraction of sp³-hybridized carbons (Fsp3) is 0.478. The molecule has 0 amide bonds. The summed E-state index contributed by atoms with van der Waals surface area (Å²) in [7, 11) is 15.1. The molecular weight excluding hydrogens is 372 g/mol. The van der Waals surface area contributed by atoms with Crippen molar-refractivity contribution in [2.24, 2.45) is 22.1 Å². The van der Waals surface area contributed by atoms with Crippen molar-refractivity contribution in [1.82, 2.24) is 4.98 Å². The number of amidine groups is 1. The quantitative estimate of drug-likeness (QED) is 0.792. The van der Waals surface area contributed by atoms with Gasteiger partial charge in [0.15, 0.2) is 0 Å². The third-order valence-corrected chi connectivity index (χ3v) is 7.48. The van der Waals surface area contributed by atoms with Gasteiger partial charge in [-0.2, -0.15) is 0 Å². The van der Waals surface area contributed by atoms with E-state index in [9.17, 15) is 0 Å². The summed E-state index contributed by atoms with van der Waals surface area (Å²) in [6, 6.07) is 10.5. The van der Waals surface area contributed by atoms with Crippen molar-refractivity contribution < 1.29 is 9.47 Å². The summed E-state index contributed by atoms with van der Waals surface area (Å²) in [6.07, 6.45) is 7.35. The van der Waals surface area contributed by atoms with E-state index in [1.54, 1.807) is 19.5 Å². The largest absolute Gasteiger partial charge is 0.476 e. The van der Waals surface area contributed by atoms with E-state index >= 15 is 0 Å². The highest BCUT2D eigenvalue weighted by Gasteiger charge is 2.68. The fourth-order valence-electron chi connectivity index (χ4n) is 6.29. The summed E-state index contributed by atoms with van der Waals surface area (Å²) in [4.78, 5) is 9.01. The molecule has 0 unspecified atom stereocenters. The highest BCUT2D eigenvalue weighted by atomic mass is 16.5. The van der Waals surface area contributed by atoms with Crippen LogP contribution in [0.3, 0.4) is 0 Å². The van der Waals surface area contributed by atoms with Gasteiger partial charge in [-0.25, -0.2) is 4.99 Å². The lowest BCUT2D eigenvalue weighted by Crippen LogP contribution is -2.60. The molecule has 3 aliphatic rings. The summed E-state index contributed by atoms with van der Waals surface area (Å²) < 4.78 is 11.5. The Kier molecular flexibility index (Phi) is 4.34. The van der Waals surface area contributed by atoms with E-state index in [0.29, 0.717) is 5.92 Å². The average Bonchev–Trinajstić information content (AvgIpc) is 3.13. The molecule has 4 radical (unpaired) electrons. The molecule has 0 saturated heterocycles. The number of aromatic nitrogens is 1. The van der Waals surface area contributed by atoms with Crippen molar-refractivity contribution in [3.05, 3.63) is 53.9 Å². The van der Waals surface area contributed by atoms with Crippen LogP contribution < -0.4 is 5.73 Å². The number of fused-ring (bicyclic) bond motifs is 3. The number of nitrogens with zero attached hydrogens (tertiary/aromatic N) is 2. The number of methoxy groups -OCH3 is 1. The fourth-order valence-corrected chi connectivity index (χ4v) is 6.29. The molecular formula is C23H25B2N3O2. The Bertz CT molecular complexity index is 1010. The lowest BCUT2D eigenvalue weighted by Gasteiger charge is -2.53. The zero-order chi connectivity index (χ0) is 21.1. The molecule has 30 heavy (non-hydrogen) atoms. The second kappa shape index (κ2) is 6.61. The molecule has 0 bridgehead atoms. The van der Waals surface area contributed by atoms with Crippen molar-refractivity contribution in [3.63, 3.8) is 0 Å². The first kappa shape index (κ1) is 19.7. The third-order valence-electron chi connectivity index (χ3n) is 7.48. The minimum absolute atomic E-state index is 0.0584. The molecule has 1 fully saturated rings. The van der Waals surface area contributed by atoms with E-state index in [1.165, 1.54) is 5.56 Å². The van der Waals surface area contributed by atoms with E-state index in [0.717, 1.165) is 42.4 Å². The number of hydrogen-bond donors (Lipinski definition) is 1. The van der Waals surface area contributed by atoms with E-state index in [4.69, 9.17) is 35.9 Å². The first-order valence-electron chi connectivity index (χ1n) is 10.5. The van der Waals surface area contributed by atoms with E-state index in [2.05, 4.69) is 30.1 Å². The van der Waals surface area contributed by atoms with Gasteiger partial charge in [-0.1, -0.05) is 19.1 Å². The monoisotopic (exact) mass is 397 g/mol. The molecule has 5 rings (SSSR count). The number of nitrogens with two attached hydrogens (primary N) is 1. The molecule has 2 N–H and O–H groups in total. The van der Waals surface area contributed by atoms with Gasteiger partial charge in [-0.05, 0) is 72.1 Å². The van der Waals surface area contributed by atoms with Crippen LogP contribution in [0, 0.1) is 11.3 Å². The topological polar surface area (TPSA) is 69.7 Å². The molecule has 2 heterocycles. The maximum atomic E-state index is 6.65. The van der Waals surface area contributed by atoms with Crippen molar-refractivity contribution in [1.29, 1.82) is 0 Å². The SMILES string of the molecule is [B]C1([B])OC(N)=N[C@]12c1cc(-c3ccncc3)ccc1C[C@@]21CC[C@H](OC)[C@@H](C)C1. The maximum absolute atomic E-state index is 6.65. The Balaban J connectivity index is 1.70. The van der Waals surface area contributed by atoms with Crippen LogP contribution in [0.25, 0.3) is 11.1 Å². The number of ether oxygens (including phenoxy) is 2. The Morgan fingerprint density at radius 1 is 1.17 bits per heavy atom. The summed E-state index contributed by atoms with van der Waals surface area (Å²) in [5.74, 6) is 0.349. The molecule has 2 aliphatic carbocycles. The van der Waals surface area contributed by atoms with Crippen LogP contribution in [0.5, 0.6) is 0 Å². The second-order valence-corrected chi connectivity index (χ2v) is 9.11. The number of benzene rings is 1. The van der Waals surface area contributed by atoms with E-state index in [-0.39, 0.29) is 17.5 Å². The second-order valence-electron chi connectivity index (χ2n) is 9.11. The molecule has 4 atom stereocenters. The van der Waals surface area contributed by atoms with Gasteiger partial charge in [0.05, 0.1) is 11.5 Å². The number of pyridine rings is 1. The first-order valence-corrected chi connectivity index (χ1v) is 10.5. The van der Waals surface area contributed by atoms with Gasteiger partial charge in [0.1, 0.15) is 21.2 Å². The smallest absolute Gasteiger partial charge is 0.281 e. The Morgan fingerprint density at radius 2 is 1.93 bits per heavy atom. The van der Waals surface area contributed by atoms with Gasteiger partial charge < -0.3 is 15.2 Å². The molecule has 150 valence electrons. The van der Waals surface area contributed by atoms with Crippen LogP contribution >= 0.6 is 0 Å². The number of aliphatic imine (C=N–C) groups is 1. The van der Waals surface area contributed by atoms with Gasteiger partial charge in [-0.15, -0.1) is 0 Å². The average molecular weight is 397 g/mol. The summed E-state index contributed by atoms with van der Waals surface area (Å²) in [6.45, 7) is 2.23. The van der Waals surface area contributed by atoms with Gasteiger partial charge in [0, 0.05) is 24.9 Å². The van der Waals surface area contributed by atoms with Crippen LogP contribution in [0.15, 0.2) is 47.7 Å². The molecule has 7 heteroatoms. The van der Waals surface area contributed by atoms with Crippen molar-refractivity contribution >= 4 is 21.7 Å². The zero-order valence-corrected chi connectivity index (χ0v) is 17.5.